The lowest BCUT2D eigenvalue weighted by Gasteiger charge is -2.22. The van der Waals surface area contributed by atoms with Gasteiger partial charge in [0.05, 0.1) is 26.2 Å². The molecule has 102 valence electrons. The average molecular weight is 264 g/mol. The molecule has 1 aromatic heterocycles. The summed E-state index contributed by atoms with van der Waals surface area (Å²) in [5.41, 5.74) is 0. The number of hydrogen-bond acceptors (Lipinski definition) is 7. The van der Waals surface area contributed by atoms with E-state index in [1.54, 1.807) is 13.2 Å². The molecule has 0 spiro atoms. The number of nitriles is 1. The van der Waals surface area contributed by atoms with Crippen molar-refractivity contribution in [1.29, 1.82) is 5.26 Å². The van der Waals surface area contributed by atoms with E-state index in [1.807, 2.05) is 4.90 Å². The Bertz CT molecular complexity index is 459. The van der Waals surface area contributed by atoms with Gasteiger partial charge in [-0.2, -0.15) is 5.26 Å². The Balaban J connectivity index is 2.88. The molecule has 0 bridgehead atoms. The second-order valence-electron chi connectivity index (χ2n) is 3.62. The third kappa shape index (κ3) is 4.52. The van der Waals surface area contributed by atoms with Gasteiger partial charge < -0.3 is 14.4 Å². The van der Waals surface area contributed by atoms with E-state index >= 15 is 0 Å². The lowest BCUT2D eigenvalue weighted by atomic mass is 10.3. The molecule has 0 atom stereocenters. The van der Waals surface area contributed by atoms with Gasteiger partial charge in [0.1, 0.15) is 5.82 Å². The van der Waals surface area contributed by atoms with Crippen LogP contribution in [0.25, 0.3) is 0 Å². The van der Waals surface area contributed by atoms with Gasteiger partial charge in [0.25, 0.3) is 0 Å². The van der Waals surface area contributed by atoms with Gasteiger partial charge in [-0.1, -0.05) is 0 Å². The fourth-order valence-electron chi connectivity index (χ4n) is 1.44. The molecule has 19 heavy (non-hydrogen) atoms. The summed E-state index contributed by atoms with van der Waals surface area (Å²) in [5, 5.41) is 8.65. The topological polar surface area (TPSA) is 88.3 Å². The number of nitrogens with zero attached hydrogens (tertiary/aromatic N) is 4. The lowest BCUT2D eigenvalue weighted by molar-refractivity contribution is 0.0586. The van der Waals surface area contributed by atoms with E-state index in [0.29, 0.717) is 31.9 Å². The van der Waals surface area contributed by atoms with E-state index in [4.69, 9.17) is 10.00 Å². The fraction of sp³-hybridized carbons (Fsp3) is 0.500. The summed E-state index contributed by atoms with van der Waals surface area (Å²) in [6.07, 6.45) is 1.85. The molecule has 7 nitrogen and oxygen atoms in total. The Labute approximate surface area is 111 Å². The summed E-state index contributed by atoms with van der Waals surface area (Å²) in [7, 11) is 2.87. The highest BCUT2D eigenvalue weighted by Crippen LogP contribution is 2.10. The molecule has 1 rings (SSSR count). The van der Waals surface area contributed by atoms with Crippen LogP contribution in [0.3, 0.4) is 0 Å². The van der Waals surface area contributed by atoms with Crippen molar-refractivity contribution in [3.63, 3.8) is 0 Å². The molecule has 1 heterocycles. The largest absolute Gasteiger partial charge is 0.463 e. The van der Waals surface area contributed by atoms with Crippen LogP contribution in [-0.4, -0.2) is 49.9 Å². The highest BCUT2D eigenvalue weighted by molar-refractivity contribution is 5.85. The van der Waals surface area contributed by atoms with Crippen LogP contribution in [0.4, 0.5) is 5.82 Å². The van der Waals surface area contributed by atoms with Crippen LogP contribution in [-0.2, 0) is 9.47 Å². The van der Waals surface area contributed by atoms with Gasteiger partial charge in [0.2, 0.25) is 5.82 Å². The highest BCUT2D eigenvalue weighted by atomic mass is 16.5. The van der Waals surface area contributed by atoms with Crippen molar-refractivity contribution < 1.29 is 14.3 Å². The van der Waals surface area contributed by atoms with E-state index in [2.05, 4.69) is 20.8 Å². The summed E-state index contributed by atoms with van der Waals surface area (Å²) in [5.74, 6) is -0.0177. The molecule has 0 N–H and O–H groups in total. The molecule has 0 radical (unpaired) electrons. The summed E-state index contributed by atoms with van der Waals surface area (Å²) in [4.78, 5) is 21.2. The Hall–Kier alpha value is -2.20. The van der Waals surface area contributed by atoms with Crippen molar-refractivity contribution in [3.05, 3.63) is 18.1 Å². The van der Waals surface area contributed by atoms with E-state index in [9.17, 15) is 4.79 Å². The van der Waals surface area contributed by atoms with Crippen LogP contribution < -0.4 is 4.90 Å². The smallest absolute Gasteiger partial charge is 0.376 e. The first-order valence-corrected chi connectivity index (χ1v) is 5.75. The van der Waals surface area contributed by atoms with Crippen LogP contribution in [0.1, 0.15) is 17.0 Å². The van der Waals surface area contributed by atoms with Crippen LogP contribution >= 0.6 is 0 Å². The van der Waals surface area contributed by atoms with Crippen molar-refractivity contribution in [2.45, 2.75) is 6.42 Å². The molecule has 0 amide bonds. The number of carbonyl (C=O) groups excluding carboxylic acids is 1. The van der Waals surface area contributed by atoms with Gasteiger partial charge >= 0.3 is 5.97 Å². The molecule has 7 heteroatoms. The Kier molecular flexibility index (Phi) is 6.26. The summed E-state index contributed by atoms with van der Waals surface area (Å²) < 4.78 is 9.59. The number of aromatic nitrogens is 2. The second kappa shape index (κ2) is 8.00. The fourth-order valence-corrected chi connectivity index (χ4v) is 1.44. The van der Waals surface area contributed by atoms with E-state index in [1.165, 1.54) is 13.3 Å². The third-order valence-corrected chi connectivity index (χ3v) is 2.39. The monoisotopic (exact) mass is 264 g/mol. The molecular weight excluding hydrogens is 248 g/mol. The van der Waals surface area contributed by atoms with Crippen LogP contribution in [0.2, 0.25) is 0 Å². The van der Waals surface area contributed by atoms with Crippen molar-refractivity contribution in [2.24, 2.45) is 0 Å². The Morgan fingerprint density at radius 1 is 1.47 bits per heavy atom. The molecule has 0 saturated carbocycles. The van der Waals surface area contributed by atoms with Gasteiger partial charge in [-0.15, -0.1) is 0 Å². The van der Waals surface area contributed by atoms with Gasteiger partial charge in [-0.25, -0.2) is 14.8 Å². The Morgan fingerprint density at radius 2 is 2.26 bits per heavy atom. The highest BCUT2D eigenvalue weighted by Gasteiger charge is 2.13. The average Bonchev–Trinajstić information content (AvgIpc) is 2.46. The SMILES string of the molecule is COCCN(CCC#N)c1ccnc(C(=O)OC)n1. The molecule has 0 aliphatic carbocycles. The van der Waals surface area contributed by atoms with Gasteiger partial charge in [0.15, 0.2) is 0 Å². The van der Waals surface area contributed by atoms with E-state index < -0.39 is 5.97 Å². The standard InChI is InChI=1S/C12H16N4O3/c1-18-9-8-16(7-3-5-13)10-4-6-14-11(15-10)12(17)19-2/h4,6H,3,7-9H2,1-2H3. The molecule has 0 fully saturated rings. The maximum absolute atomic E-state index is 11.4. The minimum Gasteiger partial charge on any atom is -0.463 e. The number of anilines is 1. The van der Waals surface area contributed by atoms with Crippen LogP contribution in [0.5, 0.6) is 0 Å². The Morgan fingerprint density at radius 3 is 2.89 bits per heavy atom. The number of carbonyl (C=O) groups is 1. The number of esters is 1. The first-order valence-electron chi connectivity index (χ1n) is 5.75. The normalized spacial score (nSPS) is 9.74. The molecule has 0 unspecified atom stereocenters. The summed E-state index contributed by atoms with van der Waals surface area (Å²) in [6.45, 7) is 1.59. The number of hydrogen-bond donors (Lipinski definition) is 0. The first-order chi connectivity index (χ1) is 9.22. The maximum Gasteiger partial charge on any atom is 0.376 e. The van der Waals surface area contributed by atoms with Crippen molar-refractivity contribution in [2.75, 3.05) is 38.8 Å². The molecule has 0 aromatic carbocycles. The third-order valence-electron chi connectivity index (χ3n) is 2.39. The van der Waals surface area contributed by atoms with Gasteiger partial charge in [-0.3, -0.25) is 0 Å². The zero-order valence-corrected chi connectivity index (χ0v) is 11.0. The number of methoxy groups -OCH3 is 2. The molecule has 1 aromatic rings. The van der Waals surface area contributed by atoms with Crippen LogP contribution in [0, 0.1) is 11.3 Å². The van der Waals surface area contributed by atoms with Gasteiger partial charge in [-0.05, 0) is 6.07 Å². The van der Waals surface area contributed by atoms with Crippen LogP contribution in [0.15, 0.2) is 12.3 Å². The minimum absolute atomic E-state index is 0.000579. The predicted octanol–water partition coefficient (Wildman–Crippen LogP) is 0.630. The minimum atomic E-state index is -0.589. The maximum atomic E-state index is 11.4. The van der Waals surface area contributed by atoms with Crippen molar-refractivity contribution >= 4 is 11.8 Å². The van der Waals surface area contributed by atoms with E-state index in [-0.39, 0.29) is 5.82 Å². The van der Waals surface area contributed by atoms with Crippen molar-refractivity contribution in [3.8, 4) is 6.07 Å². The molecule has 0 aliphatic heterocycles. The van der Waals surface area contributed by atoms with E-state index in [0.717, 1.165) is 0 Å². The summed E-state index contributed by atoms with van der Waals surface area (Å²) >= 11 is 0. The van der Waals surface area contributed by atoms with Gasteiger partial charge in [0, 0.05) is 26.4 Å². The molecular formula is C12H16N4O3. The summed E-state index contributed by atoms with van der Waals surface area (Å²) in [6, 6.07) is 3.76. The molecule has 0 saturated heterocycles. The number of rotatable bonds is 7. The first kappa shape index (κ1) is 14.9. The molecule has 0 aliphatic rings. The quantitative estimate of drug-likeness (QED) is 0.667. The number of ether oxygens (including phenoxy) is 2. The lowest BCUT2D eigenvalue weighted by Crippen LogP contribution is -2.29. The van der Waals surface area contributed by atoms with Crippen molar-refractivity contribution in [1.82, 2.24) is 9.97 Å². The zero-order chi connectivity index (χ0) is 14.1. The predicted molar refractivity (Wildman–Crippen MR) is 67.7 cm³/mol. The zero-order valence-electron chi connectivity index (χ0n) is 11.0. The second-order valence-corrected chi connectivity index (χ2v) is 3.62.